The first-order chi connectivity index (χ1) is 16.2. The Morgan fingerprint density at radius 2 is 1.88 bits per heavy atom. The molecule has 0 saturated carbocycles. The second-order valence-corrected chi connectivity index (χ2v) is 7.69. The molecule has 0 radical (unpaired) electrons. The van der Waals surface area contributed by atoms with Crippen LogP contribution in [-0.4, -0.2) is 62.9 Å². The van der Waals surface area contributed by atoms with Gasteiger partial charge in [0.05, 0.1) is 24.2 Å². The maximum absolute atomic E-state index is 12.4. The number of thiophene rings is 1. The molecule has 34 heavy (non-hydrogen) atoms. The number of methoxy groups -OCH3 is 2. The zero-order valence-corrected chi connectivity index (χ0v) is 19.5. The molecular weight excluding hydrogens is 468 g/mol. The van der Waals surface area contributed by atoms with Crippen LogP contribution >= 0.6 is 11.3 Å². The molecule has 182 valence electrons. The summed E-state index contributed by atoms with van der Waals surface area (Å²) in [4.78, 5) is 48.4. The molecule has 2 amide bonds. The van der Waals surface area contributed by atoms with Gasteiger partial charge in [0.1, 0.15) is 11.6 Å². The highest BCUT2D eigenvalue weighted by atomic mass is 32.1. The van der Waals surface area contributed by atoms with Crippen molar-refractivity contribution in [2.75, 3.05) is 39.4 Å². The summed E-state index contributed by atoms with van der Waals surface area (Å²) in [5.74, 6) is -2.90. The summed E-state index contributed by atoms with van der Waals surface area (Å²) >= 11 is 0.811. The van der Waals surface area contributed by atoms with Gasteiger partial charge in [0, 0.05) is 13.2 Å². The van der Waals surface area contributed by atoms with Crippen molar-refractivity contribution >= 4 is 46.2 Å². The number of anilines is 1. The summed E-state index contributed by atoms with van der Waals surface area (Å²) in [6.07, 6.45) is 2.51. The Balaban J connectivity index is 2.03. The van der Waals surface area contributed by atoms with E-state index in [-0.39, 0.29) is 45.7 Å². The number of rotatable bonds is 11. The lowest BCUT2D eigenvalue weighted by atomic mass is 10.1. The van der Waals surface area contributed by atoms with Gasteiger partial charge < -0.3 is 35.1 Å². The molecule has 1 aromatic heterocycles. The summed E-state index contributed by atoms with van der Waals surface area (Å²) in [6.45, 7) is 0.992. The van der Waals surface area contributed by atoms with E-state index in [1.165, 1.54) is 39.4 Å². The van der Waals surface area contributed by atoms with E-state index in [2.05, 4.69) is 5.32 Å². The number of ether oxygens (including phenoxy) is 4. The molecule has 0 saturated heterocycles. The first kappa shape index (κ1) is 26.4. The van der Waals surface area contributed by atoms with Gasteiger partial charge in [0.25, 0.3) is 11.8 Å². The standard InChI is InChI=1S/C22H24N2O9S/c1-12-18(22(29)32-9-8-30-2)21(34-19(12)20(23)28)24-16(26)11-33-17(27)7-5-13-4-6-14(25)15(10-13)31-3/h4-7,10,25H,8-9,11H2,1-3H3,(H2,23,28)(H,24,26)/b7-5+. The smallest absolute Gasteiger partial charge is 0.341 e. The number of hydrogen-bond donors (Lipinski definition) is 3. The van der Waals surface area contributed by atoms with E-state index < -0.39 is 30.4 Å². The number of phenols is 1. The van der Waals surface area contributed by atoms with E-state index in [1.807, 2.05) is 0 Å². The minimum Gasteiger partial charge on any atom is -0.504 e. The van der Waals surface area contributed by atoms with E-state index in [9.17, 15) is 24.3 Å². The van der Waals surface area contributed by atoms with Crippen LogP contribution in [0.5, 0.6) is 11.5 Å². The van der Waals surface area contributed by atoms with Gasteiger partial charge in [0.15, 0.2) is 18.1 Å². The number of nitrogens with one attached hydrogen (secondary N) is 1. The Labute approximate surface area is 199 Å². The van der Waals surface area contributed by atoms with Crippen LogP contribution in [0.1, 0.15) is 31.2 Å². The van der Waals surface area contributed by atoms with Gasteiger partial charge in [-0.15, -0.1) is 11.3 Å². The Kier molecular flexibility index (Phi) is 9.59. The quantitative estimate of drug-likeness (QED) is 0.241. The zero-order chi connectivity index (χ0) is 25.3. The van der Waals surface area contributed by atoms with Crippen LogP contribution in [0.4, 0.5) is 5.00 Å². The number of carbonyl (C=O) groups is 4. The number of benzene rings is 1. The number of primary amides is 1. The number of nitrogens with two attached hydrogens (primary N) is 1. The molecule has 4 N–H and O–H groups in total. The first-order valence-corrected chi connectivity index (χ1v) is 10.6. The van der Waals surface area contributed by atoms with Crippen LogP contribution in [0.3, 0.4) is 0 Å². The predicted octanol–water partition coefficient (Wildman–Crippen LogP) is 1.87. The molecule has 1 aromatic carbocycles. The summed E-state index contributed by atoms with van der Waals surface area (Å²) in [5.41, 5.74) is 6.15. The normalized spacial score (nSPS) is 10.7. The molecule has 0 bridgehead atoms. The molecule has 0 spiro atoms. The Morgan fingerprint density at radius 1 is 1.15 bits per heavy atom. The SMILES string of the molecule is COCCOC(=O)c1c(NC(=O)COC(=O)/C=C/c2ccc(O)c(OC)c2)sc(C(N)=O)c1C. The average molecular weight is 493 g/mol. The Hall–Kier alpha value is -3.90. The van der Waals surface area contributed by atoms with E-state index >= 15 is 0 Å². The van der Waals surface area contributed by atoms with Crippen molar-refractivity contribution < 1.29 is 43.2 Å². The lowest BCUT2D eigenvalue weighted by molar-refractivity contribution is -0.142. The topological polar surface area (TPSA) is 163 Å². The maximum atomic E-state index is 12.4. The van der Waals surface area contributed by atoms with Gasteiger partial charge in [-0.25, -0.2) is 9.59 Å². The van der Waals surface area contributed by atoms with Crippen molar-refractivity contribution in [3.05, 3.63) is 45.8 Å². The second-order valence-electron chi connectivity index (χ2n) is 6.67. The zero-order valence-electron chi connectivity index (χ0n) is 18.7. The number of esters is 2. The largest absolute Gasteiger partial charge is 0.504 e. The lowest BCUT2D eigenvalue weighted by Crippen LogP contribution is -2.21. The third kappa shape index (κ3) is 7.05. The van der Waals surface area contributed by atoms with Gasteiger partial charge >= 0.3 is 11.9 Å². The molecule has 1 heterocycles. The fourth-order valence-electron chi connectivity index (χ4n) is 2.68. The van der Waals surface area contributed by atoms with Crippen LogP contribution in [0.2, 0.25) is 0 Å². The predicted molar refractivity (Wildman–Crippen MR) is 123 cm³/mol. The van der Waals surface area contributed by atoms with Crippen LogP contribution in [0, 0.1) is 6.92 Å². The van der Waals surface area contributed by atoms with Crippen LogP contribution < -0.4 is 15.8 Å². The lowest BCUT2D eigenvalue weighted by Gasteiger charge is -2.08. The van der Waals surface area contributed by atoms with Crippen LogP contribution in [0.15, 0.2) is 24.3 Å². The molecule has 0 atom stereocenters. The number of aromatic hydroxyl groups is 1. The number of carbonyl (C=O) groups excluding carboxylic acids is 4. The van der Waals surface area contributed by atoms with Crippen molar-refractivity contribution in [1.29, 1.82) is 0 Å². The third-order valence-corrected chi connectivity index (χ3v) is 5.53. The molecular formula is C22H24N2O9S. The van der Waals surface area contributed by atoms with Crippen LogP contribution in [0.25, 0.3) is 6.08 Å². The second kappa shape index (κ2) is 12.4. The minimum atomic E-state index is -0.804. The number of amides is 2. The Bertz CT molecular complexity index is 1110. The van der Waals surface area contributed by atoms with Gasteiger partial charge in [-0.1, -0.05) is 6.07 Å². The van der Waals surface area contributed by atoms with E-state index in [4.69, 9.17) is 24.7 Å². The van der Waals surface area contributed by atoms with Crippen molar-refractivity contribution in [2.24, 2.45) is 5.73 Å². The molecule has 0 unspecified atom stereocenters. The fourth-order valence-corrected chi connectivity index (χ4v) is 3.75. The highest BCUT2D eigenvalue weighted by Crippen LogP contribution is 2.33. The maximum Gasteiger partial charge on any atom is 0.341 e. The van der Waals surface area contributed by atoms with Gasteiger partial charge in [-0.2, -0.15) is 0 Å². The molecule has 2 rings (SSSR count). The summed E-state index contributed by atoms with van der Waals surface area (Å²) < 4.78 is 19.8. The summed E-state index contributed by atoms with van der Waals surface area (Å²) in [6, 6.07) is 4.46. The van der Waals surface area contributed by atoms with E-state index in [0.29, 0.717) is 5.56 Å². The monoisotopic (exact) mass is 492 g/mol. The van der Waals surface area contributed by atoms with Gasteiger partial charge in [-0.3, -0.25) is 9.59 Å². The highest BCUT2D eigenvalue weighted by molar-refractivity contribution is 7.18. The Morgan fingerprint density at radius 3 is 2.53 bits per heavy atom. The number of phenolic OH excluding ortho intramolecular Hbond substituents is 1. The van der Waals surface area contributed by atoms with Crippen molar-refractivity contribution in [1.82, 2.24) is 0 Å². The van der Waals surface area contributed by atoms with E-state index in [1.54, 1.807) is 6.07 Å². The molecule has 0 aliphatic heterocycles. The molecule has 12 heteroatoms. The highest BCUT2D eigenvalue weighted by Gasteiger charge is 2.26. The minimum absolute atomic E-state index is 0.0178. The molecule has 0 aliphatic rings. The molecule has 11 nitrogen and oxygen atoms in total. The first-order valence-electron chi connectivity index (χ1n) is 9.78. The van der Waals surface area contributed by atoms with Gasteiger partial charge in [0.2, 0.25) is 0 Å². The number of hydrogen-bond acceptors (Lipinski definition) is 10. The van der Waals surface area contributed by atoms with E-state index in [0.717, 1.165) is 17.4 Å². The van der Waals surface area contributed by atoms with Crippen molar-refractivity contribution in [3.8, 4) is 11.5 Å². The molecule has 2 aromatic rings. The van der Waals surface area contributed by atoms with Crippen LogP contribution in [-0.2, 0) is 23.8 Å². The van der Waals surface area contributed by atoms with Crippen molar-refractivity contribution in [2.45, 2.75) is 6.92 Å². The molecule has 0 aliphatic carbocycles. The average Bonchev–Trinajstić information content (AvgIpc) is 3.13. The molecule has 0 fully saturated rings. The summed E-state index contributed by atoms with van der Waals surface area (Å²) in [7, 11) is 2.83. The fraction of sp³-hybridized carbons (Fsp3) is 0.273. The van der Waals surface area contributed by atoms with Gasteiger partial charge in [-0.05, 0) is 36.3 Å². The van der Waals surface area contributed by atoms with Crippen molar-refractivity contribution in [3.63, 3.8) is 0 Å². The third-order valence-electron chi connectivity index (χ3n) is 4.31. The summed E-state index contributed by atoms with van der Waals surface area (Å²) in [5, 5.41) is 12.1.